The van der Waals surface area contributed by atoms with E-state index in [0.29, 0.717) is 25.0 Å². The van der Waals surface area contributed by atoms with Crippen molar-refractivity contribution in [2.45, 2.75) is 103 Å². The van der Waals surface area contributed by atoms with Crippen LogP contribution in [0.15, 0.2) is 84.9 Å². The largest absolute Gasteiger partial charge is 0.508 e. The minimum atomic E-state index is -1.05. The van der Waals surface area contributed by atoms with Crippen LogP contribution in [-0.2, 0) is 48.0 Å². The molecule has 1 heterocycles. The standard InChI is InChI=1S/C42H54N4O7/c1-27(2)22-34(38(49)42(5)26-53-42)44-41(52)36(24-30-14-10-7-11-15-30)46-40(51)35(23-28(3)4)45-39(50)33(21-18-29-12-8-6-9-13-29)43-37(48)25-31-16-19-32(47)20-17-31/h6-17,19-20,27-28,33-36,47H,18,21-26H2,1-5H3,(H,43,48)(H,44,52)(H,45,50)(H,46,51)/t33-,34-,35-,36-,42+/m0/s1. The number of phenols is 1. The summed E-state index contributed by atoms with van der Waals surface area (Å²) in [4.78, 5) is 68.5. The average Bonchev–Trinajstić information content (AvgIpc) is 3.88. The molecule has 5 N–H and O–H groups in total. The summed E-state index contributed by atoms with van der Waals surface area (Å²) >= 11 is 0. The summed E-state index contributed by atoms with van der Waals surface area (Å²) in [7, 11) is 0. The molecule has 0 saturated carbocycles. The fourth-order valence-corrected chi connectivity index (χ4v) is 6.17. The predicted molar refractivity (Wildman–Crippen MR) is 203 cm³/mol. The molecule has 1 aliphatic rings. The van der Waals surface area contributed by atoms with Crippen molar-refractivity contribution in [2.24, 2.45) is 11.8 Å². The number of hydrogen-bond donors (Lipinski definition) is 5. The van der Waals surface area contributed by atoms with Crippen molar-refractivity contribution in [1.82, 2.24) is 21.3 Å². The number of aromatic hydroxyl groups is 1. The Hall–Kier alpha value is -5.03. The molecule has 0 unspecified atom stereocenters. The summed E-state index contributed by atoms with van der Waals surface area (Å²) in [6.45, 7) is 9.79. The first-order chi connectivity index (χ1) is 25.2. The number of nitrogens with one attached hydrogen (secondary N) is 4. The monoisotopic (exact) mass is 726 g/mol. The van der Waals surface area contributed by atoms with Crippen LogP contribution in [0.2, 0.25) is 0 Å². The molecule has 4 amide bonds. The van der Waals surface area contributed by atoms with Crippen LogP contribution in [-0.4, -0.2) is 70.9 Å². The van der Waals surface area contributed by atoms with Crippen molar-refractivity contribution in [3.8, 4) is 5.75 Å². The molecule has 1 saturated heterocycles. The maximum absolute atomic E-state index is 14.1. The lowest BCUT2D eigenvalue weighted by atomic mass is 9.93. The maximum atomic E-state index is 14.1. The number of epoxide rings is 1. The van der Waals surface area contributed by atoms with Gasteiger partial charge in [0.1, 0.15) is 29.5 Å². The minimum Gasteiger partial charge on any atom is -0.508 e. The third kappa shape index (κ3) is 13.2. The number of benzene rings is 3. The normalized spacial score (nSPS) is 17.3. The molecule has 0 aliphatic carbocycles. The molecular weight excluding hydrogens is 672 g/mol. The lowest BCUT2D eigenvalue weighted by Crippen LogP contribution is -2.59. The van der Waals surface area contributed by atoms with Crippen LogP contribution in [0, 0.1) is 11.8 Å². The summed E-state index contributed by atoms with van der Waals surface area (Å²) in [6.07, 6.45) is 1.61. The number of carbonyl (C=O) groups is 5. The van der Waals surface area contributed by atoms with E-state index in [4.69, 9.17) is 4.74 Å². The van der Waals surface area contributed by atoms with Crippen LogP contribution in [0.1, 0.15) is 70.6 Å². The van der Waals surface area contributed by atoms with Crippen LogP contribution in [0.5, 0.6) is 5.75 Å². The number of Topliss-reactive ketones (excluding diaryl/α,β-unsaturated/α-hetero) is 1. The van der Waals surface area contributed by atoms with Crippen LogP contribution < -0.4 is 21.3 Å². The Bertz CT molecular complexity index is 1670. The second-order valence-electron chi connectivity index (χ2n) is 15.0. The van der Waals surface area contributed by atoms with Gasteiger partial charge in [-0.25, -0.2) is 0 Å². The molecule has 0 bridgehead atoms. The molecule has 1 aliphatic heterocycles. The molecule has 1 fully saturated rings. The molecule has 0 radical (unpaired) electrons. The van der Waals surface area contributed by atoms with Gasteiger partial charge in [0.05, 0.1) is 19.1 Å². The van der Waals surface area contributed by atoms with E-state index in [9.17, 15) is 29.1 Å². The first kappa shape index (κ1) is 40.7. The van der Waals surface area contributed by atoms with Gasteiger partial charge in [-0.2, -0.15) is 0 Å². The maximum Gasteiger partial charge on any atom is 0.243 e. The van der Waals surface area contributed by atoms with Crippen molar-refractivity contribution < 1.29 is 33.8 Å². The fraction of sp³-hybridized carbons (Fsp3) is 0.452. The van der Waals surface area contributed by atoms with Crippen molar-refractivity contribution in [3.63, 3.8) is 0 Å². The Morgan fingerprint density at radius 1 is 0.642 bits per heavy atom. The van der Waals surface area contributed by atoms with Crippen molar-refractivity contribution >= 4 is 29.4 Å². The van der Waals surface area contributed by atoms with Gasteiger partial charge in [0, 0.05) is 6.42 Å². The number of carbonyl (C=O) groups excluding carboxylic acids is 5. The summed E-state index contributed by atoms with van der Waals surface area (Å²) in [5, 5.41) is 21.2. The molecule has 11 heteroatoms. The Morgan fingerprint density at radius 2 is 1.13 bits per heavy atom. The van der Waals surface area contributed by atoms with E-state index in [1.165, 1.54) is 12.1 Å². The molecule has 3 aromatic rings. The van der Waals surface area contributed by atoms with E-state index in [2.05, 4.69) is 21.3 Å². The molecule has 0 spiro atoms. The minimum absolute atomic E-state index is 0.00678. The van der Waals surface area contributed by atoms with Gasteiger partial charge >= 0.3 is 0 Å². The molecule has 284 valence electrons. The summed E-state index contributed by atoms with van der Waals surface area (Å²) in [5.41, 5.74) is 1.52. The zero-order valence-corrected chi connectivity index (χ0v) is 31.4. The molecule has 3 aromatic carbocycles. The number of hydrogen-bond acceptors (Lipinski definition) is 7. The van der Waals surface area contributed by atoms with Gasteiger partial charge in [-0.05, 0) is 73.3 Å². The van der Waals surface area contributed by atoms with Crippen LogP contribution >= 0.6 is 0 Å². The van der Waals surface area contributed by atoms with Crippen molar-refractivity contribution in [3.05, 3.63) is 102 Å². The van der Waals surface area contributed by atoms with E-state index in [1.807, 2.05) is 88.4 Å². The number of phenolic OH excluding ortho intramolecular Hbond substituents is 1. The van der Waals surface area contributed by atoms with Gasteiger partial charge in [-0.15, -0.1) is 0 Å². The first-order valence-corrected chi connectivity index (χ1v) is 18.5. The van der Waals surface area contributed by atoms with E-state index >= 15 is 0 Å². The summed E-state index contributed by atoms with van der Waals surface area (Å²) in [6, 6.07) is 21.3. The topological polar surface area (TPSA) is 166 Å². The lowest BCUT2D eigenvalue weighted by Gasteiger charge is -2.28. The quantitative estimate of drug-likeness (QED) is 0.109. The highest BCUT2D eigenvalue weighted by Crippen LogP contribution is 2.29. The van der Waals surface area contributed by atoms with Crippen molar-refractivity contribution in [2.75, 3.05) is 6.61 Å². The highest BCUT2D eigenvalue weighted by atomic mass is 16.6. The summed E-state index contributed by atoms with van der Waals surface area (Å²) < 4.78 is 5.40. The molecular formula is C42H54N4O7. The number of ketones is 1. The van der Waals surface area contributed by atoms with Crippen molar-refractivity contribution in [1.29, 1.82) is 0 Å². The van der Waals surface area contributed by atoms with Gasteiger partial charge in [0.15, 0.2) is 5.78 Å². The third-order valence-electron chi connectivity index (χ3n) is 9.21. The molecule has 11 nitrogen and oxygen atoms in total. The van der Waals surface area contributed by atoms with E-state index < -0.39 is 47.5 Å². The molecule has 53 heavy (non-hydrogen) atoms. The number of amides is 4. The van der Waals surface area contributed by atoms with Gasteiger partial charge in [0.25, 0.3) is 0 Å². The van der Waals surface area contributed by atoms with Gasteiger partial charge in [-0.1, -0.05) is 100 Å². The zero-order chi connectivity index (χ0) is 38.5. The lowest BCUT2D eigenvalue weighted by molar-refractivity contribution is -0.135. The smallest absolute Gasteiger partial charge is 0.243 e. The van der Waals surface area contributed by atoms with Gasteiger partial charge in [-0.3, -0.25) is 24.0 Å². The number of ether oxygens (including phenoxy) is 1. The van der Waals surface area contributed by atoms with E-state index in [-0.39, 0.29) is 55.0 Å². The third-order valence-corrected chi connectivity index (χ3v) is 9.21. The zero-order valence-electron chi connectivity index (χ0n) is 31.4. The number of aryl methyl sites for hydroxylation is 1. The molecule has 5 atom stereocenters. The molecule has 0 aromatic heterocycles. The SMILES string of the molecule is CC(C)C[C@H](NC(=O)[C@H](CCc1ccccc1)NC(=O)Cc1ccc(O)cc1)C(=O)N[C@@H](Cc1ccccc1)C(=O)N[C@@H](CC(C)C)C(=O)[C@@]1(C)CO1. The second-order valence-corrected chi connectivity index (χ2v) is 15.0. The second kappa shape index (κ2) is 19.2. The fourth-order valence-electron chi connectivity index (χ4n) is 6.17. The Kier molecular flexibility index (Phi) is 14.7. The summed E-state index contributed by atoms with van der Waals surface area (Å²) in [5.74, 6) is -2.00. The van der Waals surface area contributed by atoms with Gasteiger partial charge in [0.2, 0.25) is 23.6 Å². The highest BCUT2D eigenvalue weighted by molar-refractivity contribution is 5.98. The van der Waals surface area contributed by atoms with Crippen LogP contribution in [0.25, 0.3) is 0 Å². The Labute approximate surface area is 312 Å². The Balaban J connectivity index is 1.53. The Morgan fingerprint density at radius 3 is 1.70 bits per heavy atom. The van der Waals surface area contributed by atoms with E-state index in [0.717, 1.165) is 11.1 Å². The average molecular weight is 727 g/mol. The molecule has 4 rings (SSSR count). The highest BCUT2D eigenvalue weighted by Gasteiger charge is 2.50. The first-order valence-electron chi connectivity index (χ1n) is 18.5. The van der Waals surface area contributed by atoms with Gasteiger partial charge < -0.3 is 31.1 Å². The predicted octanol–water partition coefficient (Wildman–Crippen LogP) is 4.20. The van der Waals surface area contributed by atoms with E-state index in [1.54, 1.807) is 19.1 Å². The van der Waals surface area contributed by atoms with Crippen LogP contribution in [0.3, 0.4) is 0 Å². The van der Waals surface area contributed by atoms with Crippen LogP contribution in [0.4, 0.5) is 0 Å². The number of rotatable bonds is 20.